The Morgan fingerprint density at radius 2 is 1.53 bits per heavy atom. The first kappa shape index (κ1) is 18.9. The third-order valence-corrected chi connectivity index (χ3v) is 0.635. The second kappa shape index (κ2) is 12.2. The standard InChI is InChI=1S/C4H6N2.2NO3.Zn/c1-4-5-2-3-6-4;2*2-1(3)4;/h2-3H,1H3,(H,5,6);;;/q;2*-1;+2. The van der Waals surface area contributed by atoms with Crippen molar-refractivity contribution in [3.8, 4) is 0 Å². The molecule has 10 nitrogen and oxygen atoms in total. The van der Waals surface area contributed by atoms with Crippen LogP contribution in [0.15, 0.2) is 12.4 Å². The summed E-state index contributed by atoms with van der Waals surface area (Å²) in [6.45, 7) is 1.92. The first-order valence-corrected chi connectivity index (χ1v) is 2.95. The number of hydrogen-bond acceptors (Lipinski definition) is 7. The predicted octanol–water partition coefficient (Wildman–Crippen LogP) is 0.237. The minimum atomic E-state index is -1.75. The van der Waals surface area contributed by atoms with E-state index in [1.807, 2.05) is 6.92 Å². The largest absolute Gasteiger partial charge is 2.00 e. The Balaban J connectivity index is -0.000000145. The van der Waals surface area contributed by atoms with Crippen molar-refractivity contribution in [2.45, 2.75) is 6.92 Å². The molecule has 0 aliphatic heterocycles. The number of H-pyrrole nitrogens is 1. The third-order valence-electron chi connectivity index (χ3n) is 0.635. The van der Waals surface area contributed by atoms with E-state index in [9.17, 15) is 0 Å². The molecule has 1 aromatic heterocycles. The van der Waals surface area contributed by atoms with E-state index in [1.54, 1.807) is 12.4 Å². The van der Waals surface area contributed by atoms with E-state index in [0.29, 0.717) is 0 Å². The summed E-state index contributed by atoms with van der Waals surface area (Å²) in [5.41, 5.74) is 0. The SMILES string of the molecule is Cc1ncc[nH]1.O=[N+]([O-])[O-].O=[N+]([O-])[O-].[Zn+2]. The minimum absolute atomic E-state index is 0. The number of hydrogen-bond donors (Lipinski definition) is 1. The van der Waals surface area contributed by atoms with E-state index in [2.05, 4.69) is 9.97 Å². The molecule has 1 aromatic rings. The van der Waals surface area contributed by atoms with E-state index in [-0.39, 0.29) is 19.5 Å². The summed E-state index contributed by atoms with van der Waals surface area (Å²) in [4.78, 5) is 23.2. The van der Waals surface area contributed by atoms with Gasteiger partial charge >= 0.3 is 19.5 Å². The van der Waals surface area contributed by atoms with Gasteiger partial charge in [-0.1, -0.05) is 0 Å². The molecule has 0 unspecified atom stereocenters. The van der Waals surface area contributed by atoms with Crippen molar-refractivity contribution in [3.63, 3.8) is 0 Å². The number of nitrogens with one attached hydrogen (secondary N) is 1. The van der Waals surface area contributed by atoms with Crippen molar-refractivity contribution < 1.29 is 29.7 Å². The van der Waals surface area contributed by atoms with Crippen molar-refractivity contribution in [3.05, 3.63) is 48.9 Å². The van der Waals surface area contributed by atoms with E-state index >= 15 is 0 Å². The summed E-state index contributed by atoms with van der Waals surface area (Å²) in [5, 5.41) is 29.5. The molecule has 0 amide bonds. The number of aromatic nitrogens is 2. The van der Waals surface area contributed by atoms with E-state index in [1.165, 1.54) is 0 Å². The van der Waals surface area contributed by atoms with Crippen molar-refractivity contribution in [1.29, 1.82) is 0 Å². The fourth-order valence-corrected chi connectivity index (χ4v) is 0.344. The molecule has 0 spiro atoms. The van der Waals surface area contributed by atoms with Crippen LogP contribution in [-0.2, 0) is 19.5 Å². The molecule has 11 heteroatoms. The zero-order valence-electron chi connectivity index (χ0n) is 7.65. The van der Waals surface area contributed by atoms with Crippen molar-refractivity contribution in [1.82, 2.24) is 9.97 Å². The molecule has 0 atom stereocenters. The van der Waals surface area contributed by atoms with Gasteiger partial charge in [0.1, 0.15) is 5.82 Å². The Morgan fingerprint density at radius 3 is 1.60 bits per heavy atom. The maximum atomic E-state index is 8.25. The van der Waals surface area contributed by atoms with Gasteiger partial charge in [0.15, 0.2) is 0 Å². The molecule has 0 bridgehead atoms. The zero-order chi connectivity index (χ0) is 11.6. The second-order valence-corrected chi connectivity index (χ2v) is 1.62. The monoisotopic (exact) mass is 270 g/mol. The van der Waals surface area contributed by atoms with Crippen LogP contribution in [0.4, 0.5) is 0 Å². The smallest absolute Gasteiger partial charge is 0.356 e. The molecule has 0 aliphatic rings. The van der Waals surface area contributed by atoms with Gasteiger partial charge in [-0.05, 0) is 6.92 Å². The quantitative estimate of drug-likeness (QED) is 0.401. The Bertz CT molecular complexity index is 244. The number of rotatable bonds is 0. The summed E-state index contributed by atoms with van der Waals surface area (Å²) in [7, 11) is 0. The van der Waals surface area contributed by atoms with Crippen molar-refractivity contribution in [2.75, 3.05) is 0 Å². The van der Waals surface area contributed by atoms with E-state index < -0.39 is 10.2 Å². The van der Waals surface area contributed by atoms with Gasteiger partial charge < -0.3 is 35.6 Å². The number of nitrogens with zero attached hydrogens (tertiary/aromatic N) is 3. The molecule has 15 heavy (non-hydrogen) atoms. The van der Waals surface area contributed by atoms with Crippen LogP contribution < -0.4 is 0 Å². The normalized spacial score (nSPS) is 6.73. The van der Waals surface area contributed by atoms with Crippen molar-refractivity contribution >= 4 is 0 Å². The van der Waals surface area contributed by atoms with Crippen molar-refractivity contribution in [2.24, 2.45) is 0 Å². The van der Waals surface area contributed by atoms with Crippen LogP contribution in [0, 0.1) is 37.6 Å². The van der Waals surface area contributed by atoms with E-state index in [0.717, 1.165) is 5.82 Å². The summed E-state index contributed by atoms with van der Waals surface area (Å²) >= 11 is 0. The van der Waals surface area contributed by atoms with Crippen LogP contribution >= 0.6 is 0 Å². The Morgan fingerprint density at radius 1 is 1.20 bits per heavy atom. The fourth-order valence-electron chi connectivity index (χ4n) is 0.344. The zero-order valence-corrected chi connectivity index (χ0v) is 10.6. The van der Waals surface area contributed by atoms with Gasteiger partial charge in [0.25, 0.3) is 0 Å². The molecule has 0 aliphatic carbocycles. The molecule has 1 heterocycles. The average Bonchev–Trinajstić information content (AvgIpc) is 2.36. The predicted molar refractivity (Wildman–Crippen MR) is 44.0 cm³/mol. The Labute approximate surface area is 95.9 Å². The molecule has 1 rings (SSSR count). The summed E-state index contributed by atoms with van der Waals surface area (Å²) in [6, 6.07) is 0. The molecular weight excluding hydrogens is 265 g/mol. The van der Waals surface area contributed by atoms with Crippen LogP contribution in [0.25, 0.3) is 0 Å². The first-order valence-electron chi connectivity index (χ1n) is 2.95. The minimum Gasteiger partial charge on any atom is -0.356 e. The van der Waals surface area contributed by atoms with Gasteiger partial charge in [0.2, 0.25) is 0 Å². The molecule has 1 N–H and O–H groups in total. The van der Waals surface area contributed by atoms with Crippen LogP contribution in [0.1, 0.15) is 5.82 Å². The maximum Gasteiger partial charge on any atom is 2.00 e. The molecule has 0 radical (unpaired) electrons. The van der Waals surface area contributed by atoms with E-state index in [4.69, 9.17) is 30.6 Å². The van der Waals surface area contributed by atoms with Crippen LogP contribution in [0.2, 0.25) is 0 Å². The second-order valence-electron chi connectivity index (χ2n) is 1.62. The molecule has 0 fully saturated rings. The molecule has 0 aromatic carbocycles. The van der Waals surface area contributed by atoms with Crippen LogP contribution in [-0.4, -0.2) is 20.1 Å². The van der Waals surface area contributed by atoms with Gasteiger partial charge in [-0.25, -0.2) is 4.98 Å². The van der Waals surface area contributed by atoms with Gasteiger partial charge in [-0.2, -0.15) is 0 Å². The summed E-state index contributed by atoms with van der Waals surface area (Å²) < 4.78 is 0. The molecular formula is C4H6N4O6Zn. The number of aromatic amines is 1. The average molecular weight is 272 g/mol. The number of aryl methyl sites for hydroxylation is 1. The molecule has 80 valence electrons. The van der Waals surface area contributed by atoms with Gasteiger partial charge in [-0.15, -0.1) is 0 Å². The Kier molecular flexibility index (Phi) is 15.4. The van der Waals surface area contributed by atoms with Crippen LogP contribution in [0.3, 0.4) is 0 Å². The van der Waals surface area contributed by atoms with Gasteiger partial charge in [0, 0.05) is 12.4 Å². The third kappa shape index (κ3) is 46.8. The molecule has 0 saturated carbocycles. The first-order chi connectivity index (χ1) is 6.36. The van der Waals surface area contributed by atoms with Gasteiger partial charge in [-0.3, -0.25) is 0 Å². The summed E-state index contributed by atoms with van der Waals surface area (Å²) in [5.74, 6) is 0.968. The maximum absolute atomic E-state index is 8.25. The van der Waals surface area contributed by atoms with Crippen LogP contribution in [0.5, 0.6) is 0 Å². The number of imidazole rings is 1. The topological polar surface area (TPSA) is 161 Å². The molecule has 0 saturated heterocycles. The summed E-state index contributed by atoms with van der Waals surface area (Å²) in [6.07, 6.45) is 3.53. The fraction of sp³-hybridized carbons (Fsp3) is 0.250. The Hall–Kier alpha value is -1.77. The van der Waals surface area contributed by atoms with Gasteiger partial charge in [0.05, 0.1) is 10.2 Å².